The first kappa shape index (κ1) is 30.4. The van der Waals surface area contributed by atoms with Crippen molar-refractivity contribution in [3.8, 4) is 5.75 Å². The Hall–Kier alpha value is -4.63. The Labute approximate surface area is 262 Å². The Bertz CT molecular complexity index is 1710. The lowest BCUT2D eigenvalue weighted by Crippen LogP contribution is -2.34. The third-order valence-electron chi connectivity index (χ3n) is 9.38. The van der Waals surface area contributed by atoms with Gasteiger partial charge in [-0.05, 0) is 104 Å². The van der Waals surface area contributed by atoms with Crippen molar-refractivity contribution in [2.45, 2.75) is 59.0 Å². The summed E-state index contributed by atoms with van der Waals surface area (Å²) < 4.78 is 6.44. The zero-order valence-electron chi connectivity index (χ0n) is 25.7. The van der Waals surface area contributed by atoms with Gasteiger partial charge in [0.1, 0.15) is 5.75 Å². The largest absolute Gasteiger partial charge is 0.507 e. The van der Waals surface area contributed by atoms with Crippen LogP contribution in [0, 0.1) is 41.7 Å². The monoisotopic (exact) mass is 607 g/mol. The third kappa shape index (κ3) is 5.68. The van der Waals surface area contributed by atoms with Crippen molar-refractivity contribution in [2.24, 2.45) is 17.8 Å². The molecule has 0 saturated carbocycles. The number of hydrogen-bond donors (Lipinski definition) is 1. The van der Waals surface area contributed by atoms with Gasteiger partial charge in [-0.3, -0.25) is 24.7 Å². The van der Waals surface area contributed by atoms with Crippen molar-refractivity contribution in [1.82, 2.24) is 4.98 Å². The summed E-state index contributed by atoms with van der Waals surface area (Å²) in [5, 5.41) is 21.7. The van der Waals surface area contributed by atoms with E-state index < -0.39 is 16.8 Å². The van der Waals surface area contributed by atoms with Crippen molar-refractivity contribution in [3.63, 3.8) is 0 Å². The van der Waals surface area contributed by atoms with Crippen LogP contribution in [0.1, 0.15) is 61.4 Å². The molecule has 2 fully saturated rings. The first-order chi connectivity index (χ1) is 21.7. The number of aromatic hydroxyl groups is 1. The quantitative estimate of drug-likeness (QED) is 0.121. The lowest BCUT2D eigenvalue weighted by molar-refractivity contribution is -0.384. The van der Waals surface area contributed by atoms with Crippen LogP contribution >= 0.6 is 0 Å². The van der Waals surface area contributed by atoms with Gasteiger partial charge in [0.25, 0.3) is 5.69 Å². The van der Waals surface area contributed by atoms with Crippen LogP contribution < -0.4 is 4.90 Å². The smallest absolute Gasteiger partial charge is 0.271 e. The number of nitro groups is 1. The summed E-state index contributed by atoms with van der Waals surface area (Å²) in [6, 6.07) is 15.5. The molecule has 1 N–H and O–H groups in total. The minimum Gasteiger partial charge on any atom is -0.507 e. The van der Waals surface area contributed by atoms with Crippen LogP contribution in [0.15, 0.2) is 71.9 Å². The van der Waals surface area contributed by atoms with Crippen molar-refractivity contribution in [2.75, 3.05) is 11.5 Å². The number of carbonyl (C=O) groups is 2. The van der Waals surface area contributed by atoms with E-state index in [9.17, 15) is 24.8 Å². The van der Waals surface area contributed by atoms with E-state index in [-0.39, 0.29) is 35.2 Å². The van der Waals surface area contributed by atoms with Crippen molar-refractivity contribution in [3.05, 3.63) is 104 Å². The molecule has 2 saturated heterocycles. The van der Waals surface area contributed by atoms with E-state index >= 15 is 0 Å². The van der Waals surface area contributed by atoms with E-state index in [4.69, 9.17) is 4.74 Å². The van der Waals surface area contributed by atoms with E-state index in [2.05, 4.69) is 18.0 Å². The standard InChI is InChI=1S/C36H37N3O6/c1-4-8-25-18-28-33(36(42)38(35(28)41)26-9-7-10-27(19-26)39(43)44)29-20-45-31(32(25)29)13-12-24(30-11-5-6-14-37-30)17-23-15-21(2)34(40)22(3)16-23/h5-7,9-11,14-17,19,28-29,31,33,40H,4,8,12-13,18,20H2,1-3H3/b24-17-/t28-,29+,31-,33-/m1/s1. The fourth-order valence-electron chi connectivity index (χ4n) is 7.40. The molecule has 3 aliphatic rings. The number of phenols is 1. The Kier molecular flexibility index (Phi) is 8.38. The molecule has 1 aromatic heterocycles. The number of anilines is 1. The fraction of sp³-hybridized carbons (Fsp3) is 0.361. The summed E-state index contributed by atoms with van der Waals surface area (Å²) in [6.07, 6.45) is 7.29. The van der Waals surface area contributed by atoms with Crippen LogP contribution in [0.2, 0.25) is 0 Å². The number of imide groups is 1. The second kappa shape index (κ2) is 12.4. The molecule has 3 heterocycles. The molecule has 0 bridgehead atoms. The number of benzene rings is 2. The first-order valence-corrected chi connectivity index (χ1v) is 15.6. The number of amides is 2. The van der Waals surface area contributed by atoms with E-state index in [1.165, 1.54) is 23.8 Å². The zero-order valence-corrected chi connectivity index (χ0v) is 25.7. The Morgan fingerprint density at radius 2 is 1.87 bits per heavy atom. The molecule has 0 radical (unpaired) electrons. The minimum atomic E-state index is -0.550. The molecule has 0 spiro atoms. The average Bonchev–Trinajstić information content (AvgIpc) is 3.56. The highest BCUT2D eigenvalue weighted by Crippen LogP contribution is 2.51. The highest BCUT2D eigenvalue weighted by molar-refractivity contribution is 6.22. The summed E-state index contributed by atoms with van der Waals surface area (Å²) in [7, 11) is 0. The van der Waals surface area contributed by atoms with Crippen LogP contribution in [-0.4, -0.2) is 39.5 Å². The molecule has 2 aromatic carbocycles. The predicted octanol–water partition coefficient (Wildman–Crippen LogP) is 6.95. The first-order valence-electron chi connectivity index (χ1n) is 15.6. The molecule has 1 aliphatic carbocycles. The number of non-ortho nitro benzene ring substituents is 1. The third-order valence-corrected chi connectivity index (χ3v) is 9.38. The van der Waals surface area contributed by atoms with Gasteiger partial charge >= 0.3 is 0 Å². The topological polar surface area (TPSA) is 123 Å². The minimum absolute atomic E-state index is 0.160. The summed E-state index contributed by atoms with van der Waals surface area (Å²) in [5.74, 6) is -1.56. The summed E-state index contributed by atoms with van der Waals surface area (Å²) in [4.78, 5) is 44.3. The van der Waals surface area contributed by atoms with Gasteiger partial charge in [-0.15, -0.1) is 0 Å². The molecule has 9 heteroatoms. The number of nitrogens with zero attached hydrogens (tertiary/aromatic N) is 3. The Balaban J connectivity index is 1.29. The maximum Gasteiger partial charge on any atom is 0.271 e. The summed E-state index contributed by atoms with van der Waals surface area (Å²) in [6.45, 7) is 6.25. The number of aromatic nitrogens is 1. The van der Waals surface area contributed by atoms with Gasteiger partial charge in [-0.25, -0.2) is 4.90 Å². The zero-order chi connectivity index (χ0) is 31.8. The van der Waals surface area contributed by atoms with Gasteiger partial charge < -0.3 is 9.84 Å². The lowest BCUT2D eigenvalue weighted by atomic mass is 9.68. The molecule has 2 aliphatic heterocycles. The Morgan fingerprint density at radius 3 is 2.56 bits per heavy atom. The molecule has 4 atom stereocenters. The summed E-state index contributed by atoms with van der Waals surface area (Å²) >= 11 is 0. The van der Waals surface area contributed by atoms with Gasteiger partial charge in [-0.2, -0.15) is 0 Å². The Morgan fingerprint density at radius 1 is 1.09 bits per heavy atom. The number of carbonyl (C=O) groups excluding carboxylic acids is 2. The number of rotatable bonds is 9. The number of aryl methyl sites for hydroxylation is 2. The van der Waals surface area contributed by atoms with Crippen molar-refractivity contribution >= 4 is 34.8 Å². The fourth-order valence-corrected chi connectivity index (χ4v) is 7.40. The number of pyridine rings is 1. The predicted molar refractivity (Wildman–Crippen MR) is 171 cm³/mol. The molecular weight excluding hydrogens is 570 g/mol. The normalized spacial score (nSPS) is 23.0. The molecule has 2 amide bonds. The lowest BCUT2D eigenvalue weighted by Gasteiger charge is -2.32. The molecule has 9 nitrogen and oxygen atoms in total. The number of hydrogen-bond acceptors (Lipinski definition) is 7. The molecule has 3 aromatic rings. The number of fused-ring (bicyclic) bond motifs is 3. The molecule has 6 rings (SSSR count). The summed E-state index contributed by atoms with van der Waals surface area (Å²) in [5.41, 5.74) is 6.94. The molecule has 232 valence electrons. The number of ether oxygens (including phenoxy) is 1. The van der Waals surface area contributed by atoms with Crippen molar-refractivity contribution in [1.29, 1.82) is 0 Å². The van der Waals surface area contributed by atoms with Gasteiger partial charge in [0, 0.05) is 24.2 Å². The number of allylic oxidation sites excluding steroid dienone is 2. The van der Waals surface area contributed by atoms with E-state index in [0.29, 0.717) is 31.6 Å². The van der Waals surface area contributed by atoms with Gasteiger partial charge in [-0.1, -0.05) is 31.1 Å². The van der Waals surface area contributed by atoms with Gasteiger partial charge in [0.05, 0.1) is 40.9 Å². The highest BCUT2D eigenvalue weighted by atomic mass is 16.6. The second-order valence-electron chi connectivity index (χ2n) is 12.3. The highest BCUT2D eigenvalue weighted by Gasteiger charge is 2.57. The number of phenolic OH excluding ortho intramolecular Hbond substituents is 1. The van der Waals surface area contributed by atoms with Crippen LogP contribution in [0.5, 0.6) is 5.75 Å². The SMILES string of the molecule is CCCC1=C2[C@@H](CC/C(=C/c3cc(C)c(O)c(C)c3)c3ccccn3)OC[C@@H]2[C@@H]2C(=O)N(c3cccc([N+](=O)[O-])c3)C(=O)[C@@H]2C1. The second-order valence-corrected chi connectivity index (χ2v) is 12.3. The molecular formula is C36H37N3O6. The molecule has 45 heavy (non-hydrogen) atoms. The van der Waals surface area contributed by atoms with Crippen LogP contribution in [0.25, 0.3) is 11.6 Å². The van der Waals surface area contributed by atoms with Crippen LogP contribution in [0.3, 0.4) is 0 Å². The van der Waals surface area contributed by atoms with E-state index in [0.717, 1.165) is 51.3 Å². The maximum atomic E-state index is 13.9. The van der Waals surface area contributed by atoms with Crippen LogP contribution in [0.4, 0.5) is 11.4 Å². The van der Waals surface area contributed by atoms with E-state index in [1.807, 2.05) is 44.2 Å². The van der Waals surface area contributed by atoms with Crippen molar-refractivity contribution < 1.29 is 24.4 Å². The van der Waals surface area contributed by atoms with Gasteiger partial charge in [0.15, 0.2) is 0 Å². The number of nitro benzene ring substituents is 1. The van der Waals surface area contributed by atoms with Gasteiger partial charge in [0.2, 0.25) is 11.8 Å². The van der Waals surface area contributed by atoms with E-state index in [1.54, 1.807) is 12.3 Å². The maximum absolute atomic E-state index is 13.9. The average molecular weight is 608 g/mol. The van der Waals surface area contributed by atoms with Crippen LogP contribution in [-0.2, 0) is 14.3 Å². The molecule has 0 unspecified atom stereocenters.